The molecule has 1 amide bonds. The number of amides is 1. The molecule has 28 heavy (non-hydrogen) atoms. The molecule has 152 valence electrons. The summed E-state index contributed by atoms with van der Waals surface area (Å²) in [5.74, 6) is 2.95. The van der Waals surface area contributed by atoms with Crippen molar-refractivity contribution in [3.05, 3.63) is 23.9 Å². The van der Waals surface area contributed by atoms with Crippen LogP contribution >= 0.6 is 0 Å². The van der Waals surface area contributed by atoms with Crippen LogP contribution in [0.5, 0.6) is 0 Å². The maximum Gasteiger partial charge on any atom is 0.417 e. The SMILES string of the molecule is O=C(NC1CCN(c2ccc(C(F)(F)F)cn2)C1)C12CC3CC(CC(C3)C1)C2. The molecule has 7 heteroatoms. The average Bonchev–Trinajstić information content (AvgIpc) is 3.08. The van der Waals surface area contributed by atoms with E-state index in [1.807, 2.05) is 4.90 Å². The molecule has 0 radical (unpaired) electrons. The van der Waals surface area contributed by atoms with Crippen LogP contribution in [0.25, 0.3) is 0 Å². The van der Waals surface area contributed by atoms with Gasteiger partial charge in [0.05, 0.1) is 5.56 Å². The number of hydrogen-bond donors (Lipinski definition) is 1. The molecule has 1 aromatic heterocycles. The molecular formula is C21H26F3N3O. The highest BCUT2D eigenvalue weighted by atomic mass is 19.4. The Hall–Kier alpha value is -1.79. The number of halogens is 3. The number of nitrogens with one attached hydrogen (secondary N) is 1. The Morgan fingerprint density at radius 1 is 1.11 bits per heavy atom. The molecule has 1 unspecified atom stereocenters. The van der Waals surface area contributed by atoms with Crippen LogP contribution in [0.4, 0.5) is 19.0 Å². The number of aromatic nitrogens is 1. The van der Waals surface area contributed by atoms with Gasteiger partial charge in [-0.1, -0.05) is 0 Å². The maximum absolute atomic E-state index is 13.2. The second kappa shape index (κ2) is 6.36. The van der Waals surface area contributed by atoms with Gasteiger partial charge in [-0.15, -0.1) is 0 Å². The van der Waals surface area contributed by atoms with Crippen molar-refractivity contribution in [2.24, 2.45) is 23.2 Å². The topological polar surface area (TPSA) is 45.2 Å². The third-order valence-corrected chi connectivity index (χ3v) is 7.44. The van der Waals surface area contributed by atoms with Crippen molar-refractivity contribution in [2.45, 2.75) is 57.2 Å². The molecule has 0 aromatic carbocycles. The summed E-state index contributed by atoms with van der Waals surface area (Å²) in [6, 6.07) is 2.54. The van der Waals surface area contributed by atoms with Crippen molar-refractivity contribution in [1.29, 1.82) is 0 Å². The second-order valence-corrected chi connectivity index (χ2v) is 9.51. The quantitative estimate of drug-likeness (QED) is 0.844. The first-order valence-electron chi connectivity index (χ1n) is 10.4. The van der Waals surface area contributed by atoms with Crippen LogP contribution in [0.1, 0.15) is 50.5 Å². The van der Waals surface area contributed by atoms with E-state index in [9.17, 15) is 18.0 Å². The lowest BCUT2D eigenvalue weighted by Crippen LogP contribution is -2.55. The molecule has 5 aliphatic rings. The van der Waals surface area contributed by atoms with Gasteiger partial charge in [-0.3, -0.25) is 4.79 Å². The lowest BCUT2D eigenvalue weighted by atomic mass is 9.49. The molecule has 1 saturated heterocycles. The van der Waals surface area contributed by atoms with Crippen LogP contribution in [0, 0.1) is 23.2 Å². The number of carbonyl (C=O) groups excluding carboxylic acids is 1. The first-order chi connectivity index (χ1) is 13.3. The molecule has 1 aromatic rings. The van der Waals surface area contributed by atoms with E-state index < -0.39 is 11.7 Å². The van der Waals surface area contributed by atoms with E-state index in [0.29, 0.717) is 18.9 Å². The number of rotatable bonds is 3. The zero-order valence-electron chi connectivity index (χ0n) is 15.8. The molecule has 1 aliphatic heterocycles. The smallest absolute Gasteiger partial charge is 0.354 e. The highest BCUT2D eigenvalue weighted by molar-refractivity contribution is 5.83. The average molecular weight is 393 g/mol. The summed E-state index contributed by atoms with van der Waals surface area (Å²) < 4.78 is 38.1. The van der Waals surface area contributed by atoms with Crippen LogP contribution in [-0.2, 0) is 11.0 Å². The Labute approximate surface area is 162 Å². The zero-order chi connectivity index (χ0) is 19.5. The Bertz CT molecular complexity index is 726. The standard InChI is InChI=1S/C21H26F3N3O/c22-21(23,24)16-1-2-18(25-11-16)27-4-3-17(12-27)26-19(28)20-8-13-5-14(9-20)7-15(6-13)10-20/h1-2,11,13-15,17H,3-10,12H2,(H,26,28). The van der Waals surface area contributed by atoms with E-state index in [4.69, 9.17) is 0 Å². The van der Waals surface area contributed by atoms with Crippen LogP contribution in [0.3, 0.4) is 0 Å². The molecule has 4 bridgehead atoms. The molecule has 2 heterocycles. The van der Waals surface area contributed by atoms with E-state index in [-0.39, 0.29) is 17.4 Å². The minimum absolute atomic E-state index is 0.0459. The highest BCUT2D eigenvalue weighted by Gasteiger charge is 2.54. The van der Waals surface area contributed by atoms with Crippen LogP contribution in [0.2, 0.25) is 0 Å². The fraction of sp³-hybridized carbons (Fsp3) is 0.714. The highest BCUT2D eigenvalue weighted by Crippen LogP contribution is 2.60. The van der Waals surface area contributed by atoms with Crippen LogP contribution in [0.15, 0.2) is 18.3 Å². The van der Waals surface area contributed by atoms with Crippen LogP contribution < -0.4 is 10.2 Å². The van der Waals surface area contributed by atoms with E-state index in [2.05, 4.69) is 10.3 Å². The predicted molar refractivity (Wildman–Crippen MR) is 98.6 cm³/mol. The molecule has 4 nitrogen and oxygen atoms in total. The first kappa shape index (κ1) is 18.3. The van der Waals surface area contributed by atoms with Crippen molar-refractivity contribution in [2.75, 3.05) is 18.0 Å². The van der Waals surface area contributed by atoms with E-state index in [1.54, 1.807) is 0 Å². The third-order valence-electron chi connectivity index (χ3n) is 7.44. The van der Waals surface area contributed by atoms with Gasteiger partial charge in [0.15, 0.2) is 0 Å². The van der Waals surface area contributed by atoms with Gasteiger partial charge in [-0.05, 0) is 74.8 Å². The van der Waals surface area contributed by atoms with Crippen LogP contribution in [-0.4, -0.2) is 30.0 Å². The molecule has 5 fully saturated rings. The summed E-state index contributed by atoms with van der Waals surface area (Å²) in [6.07, 6.45) is 4.38. The van der Waals surface area contributed by atoms with Gasteiger partial charge in [0, 0.05) is 30.7 Å². The van der Waals surface area contributed by atoms with Gasteiger partial charge in [0.25, 0.3) is 0 Å². The Kier molecular flexibility index (Phi) is 4.14. The van der Waals surface area contributed by atoms with E-state index >= 15 is 0 Å². The minimum atomic E-state index is -4.37. The van der Waals surface area contributed by atoms with Gasteiger partial charge >= 0.3 is 6.18 Å². The number of carbonyl (C=O) groups is 1. The van der Waals surface area contributed by atoms with E-state index in [1.165, 1.54) is 25.3 Å². The lowest BCUT2D eigenvalue weighted by Gasteiger charge is -2.55. The maximum atomic E-state index is 13.2. The summed E-state index contributed by atoms with van der Waals surface area (Å²) >= 11 is 0. The predicted octanol–water partition coefficient (Wildman–Crippen LogP) is 4.01. The number of alkyl halides is 3. The van der Waals surface area contributed by atoms with Crippen molar-refractivity contribution >= 4 is 11.7 Å². The summed E-state index contributed by atoms with van der Waals surface area (Å²) in [5, 5.41) is 3.28. The monoisotopic (exact) mass is 393 g/mol. The summed E-state index contributed by atoms with van der Waals surface area (Å²) in [7, 11) is 0. The molecule has 6 rings (SSSR count). The van der Waals surface area contributed by atoms with Crippen molar-refractivity contribution in [3.8, 4) is 0 Å². The molecule has 4 aliphatic carbocycles. The Balaban J connectivity index is 1.22. The molecular weight excluding hydrogens is 367 g/mol. The van der Waals surface area contributed by atoms with Gasteiger partial charge in [0.1, 0.15) is 5.82 Å². The summed E-state index contributed by atoms with van der Waals surface area (Å²) in [6.45, 7) is 1.31. The van der Waals surface area contributed by atoms with Gasteiger partial charge in [0.2, 0.25) is 5.91 Å². The number of pyridine rings is 1. The number of anilines is 1. The fourth-order valence-corrected chi connectivity index (χ4v) is 6.55. The van der Waals surface area contributed by atoms with E-state index in [0.717, 1.165) is 55.7 Å². The molecule has 1 N–H and O–H groups in total. The Morgan fingerprint density at radius 3 is 2.29 bits per heavy atom. The minimum Gasteiger partial charge on any atom is -0.354 e. The number of hydrogen-bond acceptors (Lipinski definition) is 3. The van der Waals surface area contributed by atoms with Gasteiger partial charge < -0.3 is 10.2 Å². The summed E-state index contributed by atoms with van der Waals surface area (Å²) in [5.41, 5.74) is -0.892. The number of nitrogens with zero attached hydrogens (tertiary/aromatic N) is 2. The van der Waals surface area contributed by atoms with Crippen molar-refractivity contribution in [1.82, 2.24) is 10.3 Å². The van der Waals surface area contributed by atoms with Crippen molar-refractivity contribution in [3.63, 3.8) is 0 Å². The van der Waals surface area contributed by atoms with Gasteiger partial charge in [-0.25, -0.2) is 4.98 Å². The Morgan fingerprint density at radius 2 is 1.75 bits per heavy atom. The fourth-order valence-electron chi connectivity index (χ4n) is 6.55. The molecule has 4 saturated carbocycles. The first-order valence-corrected chi connectivity index (χ1v) is 10.4. The molecule has 1 atom stereocenters. The third kappa shape index (κ3) is 3.16. The lowest BCUT2D eigenvalue weighted by molar-refractivity contribution is -0.146. The normalized spacial score (nSPS) is 36.8. The largest absolute Gasteiger partial charge is 0.417 e. The van der Waals surface area contributed by atoms with Crippen molar-refractivity contribution < 1.29 is 18.0 Å². The van der Waals surface area contributed by atoms with Gasteiger partial charge in [-0.2, -0.15) is 13.2 Å². The zero-order valence-corrected chi connectivity index (χ0v) is 15.8. The molecule has 0 spiro atoms. The summed E-state index contributed by atoms with van der Waals surface area (Å²) in [4.78, 5) is 19.1. The second-order valence-electron chi connectivity index (χ2n) is 9.51.